The van der Waals surface area contributed by atoms with Crippen LogP contribution in [0.5, 0.6) is 0 Å². The quantitative estimate of drug-likeness (QED) is 0.281. The van der Waals surface area contributed by atoms with E-state index in [9.17, 15) is 14.7 Å². The maximum absolute atomic E-state index is 14.2. The molecule has 200 valence electrons. The van der Waals surface area contributed by atoms with Crippen molar-refractivity contribution in [3.63, 3.8) is 0 Å². The number of fused-ring (bicyclic) bond motifs is 2. The molecule has 0 fully saturated rings. The predicted molar refractivity (Wildman–Crippen MR) is 149 cm³/mol. The number of amides is 1. The minimum atomic E-state index is -0.600. The second kappa shape index (κ2) is 10.1. The third-order valence-electron chi connectivity index (χ3n) is 6.67. The molecule has 0 aliphatic carbocycles. The zero-order valence-corrected chi connectivity index (χ0v) is 21.5. The number of aliphatic hydroxyl groups excluding tert-OH is 1. The number of carbonyl (C=O) groups excluding carboxylic acids is 1. The van der Waals surface area contributed by atoms with Crippen molar-refractivity contribution >= 4 is 28.1 Å². The second-order valence-corrected chi connectivity index (χ2v) is 9.25. The molecule has 0 radical (unpaired) electrons. The maximum Gasteiger partial charge on any atom is 0.263 e. The summed E-state index contributed by atoms with van der Waals surface area (Å²) in [7, 11) is 0. The molecule has 0 saturated carbocycles. The van der Waals surface area contributed by atoms with Crippen LogP contribution in [0.3, 0.4) is 0 Å². The number of pyridine rings is 1. The number of anilines is 1. The second-order valence-electron chi connectivity index (χ2n) is 9.25. The van der Waals surface area contributed by atoms with Gasteiger partial charge in [0.1, 0.15) is 11.3 Å². The number of para-hydroxylation sites is 1. The van der Waals surface area contributed by atoms with Gasteiger partial charge >= 0.3 is 0 Å². The Balaban J connectivity index is 1.49. The zero-order valence-electron chi connectivity index (χ0n) is 21.5. The highest BCUT2D eigenvalue weighted by molar-refractivity contribution is 6.04. The molecule has 0 aliphatic rings. The first-order chi connectivity index (χ1) is 19.5. The zero-order chi connectivity index (χ0) is 27.8. The molecule has 4 aromatic heterocycles. The van der Waals surface area contributed by atoms with Crippen LogP contribution in [0.25, 0.3) is 33.4 Å². The van der Waals surface area contributed by atoms with E-state index in [1.807, 2.05) is 54.6 Å². The van der Waals surface area contributed by atoms with E-state index in [2.05, 4.69) is 25.7 Å². The number of aliphatic hydroxyl groups is 1. The van der Waals surface area contributed by atoms with Crippen LogP contribution in [0.2, 0.25) is 0 Å². The van der Waals surface area contributed by atoms with Crippen molar-refractivity contribution in [3.05, 3.63) is 101 Å². The van der Waals surface area contributed by atoms with Crippen LogP contribution in [-0.2, 0) is 6.54 Å². The fourth-order valence-corrected chi connectivity index (χ4v) is 4.86. The smallest absolute Gasteiger partial charge is 0.263 e. The summed E-state index contributed by atoms with van der Waals surface area (Å²) >= 11 is 0. The SMILES string of the molecule is C[C@@H](NC(=O)c1c(N)nn2cccnc12)c1cc2cccc(-c3cn(CCO)nn3)c2c(=O)n1-c1ccccc1. The molecule has 4 heterocycles. The van der Waals surface area contributed by atoms with Crippen molar-refractivity contribution in [2.75, 3.05) is 12.3 Å². The van der Waals surface area contributed by atoms with E-state index in [0.717, 1.165) is 0 Å². The van der Waals surface area contributed by atoms with Crippen LogP contribution in [0.4, 0.5) is 5.82 Å². The Hall–Kier alpha value is -5.36. The molecule has 0 unspecified atom stereocenters. The summed E-state index contributed by atoms with van der Waals surface area (Å²) in [5.74, 6) is -0.402. The van der Waals surface area contributed by atoms with Gasteiger partial charge in [0.15, 0.2) is 11.5 Å². The number of carbonyl (C=O) groups is 1. The summed E-state index contributed by atoms with van der Waals surface area (Å²) in [6.07, 6.45) is 4.92. The molecular weight excluding hydrogens is 510 g/mol. The van der Waals surface area contributed by atoms with Gasteiger partial charge in [0.05, 0.1) is 30.8 Å². The molecule has 0 saturated heterocycles. The van der Waals surface area contributed by atoms with E-state index in [1.165, 1.54) is 9.20 Å². The first-order valence-corrected chi connectivity index (χ1v) is 12.6. The number of benzene rings is 2. The van der Waals surface area contributed by atoms with Gasteiger partial charge in [-0.05, 0) is 36.6 Å². The lowest BCUT2D eigenvalue weighted by Gasteiger charge is -2.21. The first-order valence-electron chi connectivity index (χ1n) is 12.6. The van der Waals surface area contributed by atoms with E-state index in [4.69, 9.17) is 5.73 Å². The largest absolute Gasteiger partial charge is 0.394 e. The van der Waals surface area contributed by atoms with Gasteiger partial charge in [0.25, 0.3) is 11.5 Å². The molecule has 12 heteroatoms. The molecule has 0 bridgehead atoms. The van der Waals surface area contributed by atoms with Crippen molar-refractivity contribution in [2.24, 2.45) is 0 Å². The normalized spacial score (nSPS) is 12.2. The van der Waals surface area contributed by atoms with Crippen molar-refractivity contribution in [1.82, 2.24) is 39.5 Å². The highest BCUT2D eigenvalue weighted by Gasteiger charge is 2.24. The number of hydrogen-bond donors (Lipinski definition) is 3. The lowest BCUT2D eigenvalue weighted by Crippen LogP contribution is -2.32. The van der Waals surface area contributed by atoms with Gasteiger partial charge in [-0.2, -0.15) is 0 Å². The molecular formula is C28H25N9O3. The van der Waals surface area contributed by atoms with Crippen LogP contribution in [0.15, 0.2) is 84.0 Å². The molecule has 1 amide bonds. The van der Waals surface area contributed by atoms with Crippen LogP contribution >= 0.6 is 0 Å². The van der Waals surface area contributed by atoms with Crippen molar-refractivity contribution in [2.45, 2.75) is 19.5 Å². The third kappa shape index (κ3) is 4.25. The Morgan fingerprint density at radius 3 is 2.75 bits per heavy atom. The number of aromatic nitrogens is 7. The molecule has 0 spiro atoms. The molecule has 0 aliphatic heterocycles. The van der Waals surface area contributed by atoms with E-state index >= 15 is 0 Å². The lowest BCUT2D eigenvalue weighted by molar-refractivity contribution is 0.0941. The summed E-state index contributed by atoms with van der Waals surface area (Å²) in [6.45, 7) is 2.01. The number of rotatable bonds is 7. The molecule has 2 aromatic carbocycles. The maximum atomic E-state index is 14.2. The Morgan fingerprint density at radius 2 is 1.95 bits per heavy atom. The monoisotopic (exact) mass is 535 g/mol. The van der Waals surface area contributed by atoms with Crippen molar-refractivity contribution < 1.29 is 9.90 Å². The van der Waals surface area contributed by atoms with Crippen LogP contribution in [0.1, 0.15) is 29.0 Å². The molecule has 12 nitrogen and oxygen atoms in total. The Morgan fingerprint density at radius 1 is 1.12 bits per heavy atom. The molecule has 1 atom stereocenters. The summed E-state index contributed by atoms with van der Waals surface area (Å²) < 4.78 is 4.56. The Kier molecular flexibility index (Phi) is 6.28. The predicted octanol–water partition coefficient (Wildman–Crippen LogP) is 2.36. The molecule has 4 N–H and O–H groups in total. The van der Waals surface area contributed by atoms with Gasteiger partial charge in [-0.25, -0.2) is 14.2 Å². The fraction of sp³-hybridized carbons (Fsp3) is 0.143. The summed E-state index contributed by atoms with van der Waals surface area (Å²) in [5, 5.41) is 25.8. The van der Waals surface area contributed by atoms with Gasteiger partial charge in [0, 0.05) is 29.3 Å². The average Bonchev–Trinajstić information content (AvgIpc) is 3.56. The van der Waals surface area contributed by atoms with E-state index < -0.39 is 11.9 Å². The fourth-order valence-electron chi connectivity index (χ4n) is 4.86. The third-order valence-corrected chi connectivity index (χ3v) is 6.67. The summed E-state index contributed by atoms with van der Waals surface area (Å²) in [6, 6.07) is 17.7. The number of nitrogens with one attached hydrogen (secondary N) is 1. The summed E-state index contributed by atoms with van der Waals surface area (Å²) in [4.78, 5) is 31.9. The van der Waals surface area contributed by atoms with Crippen molar-refractivity contribution in [1.29, 1.82) is 0 Å². The lowest BCUT2D eigenvalue weighted by atomic mass is 10.0. The number of hydrogen-bond acceptors (Lipinski definition) is 8. The number of nitrogens with zero attached hydrogens (tertiary/aromatic N) is 7. The van der Waals surface area contributed by atoms with Gasteiger partial charge in [0.2, 0.25) is 0 Å². The Labute approximate surface area is 227 Å². The van der Waals surface area contributed by atoms with Gasteiger partial charge in [-0.15, -0.1) is 10.2 Å². The van der Waals surface area contributed by atoms with Crippen LogP contribution in [0, 0.1) is 0 Å². The first kappa shape index (κ1) is 24.9. The van der Waals surface area contributed by atoms with Gasteiger partial charge in [-0.1, -0.05) is 41.6 Å². The number of nitrogens with two attached hydrogens (primary N) is 1. The molecule has 6 aromatic rings. The van der Waals surface area contributed by atoms with E-state index in [-0.39, 0.29) is 23.5 Å². The van der Waals surface area contributed by atoms with E-state index in [1.54, 1.807) is 36.1 Å². The summed E-state index contributed by atoms with van der Waals surface area (Å²) in [5.41, 5.74) is 8.63. The topological polar surface area (TPSA) is 158 Å². The van der Waals surface area contributed by atoms with E-state index in [0.29, 0.717) is 45.6 Å². The van der Waals surface area contributed by atoms with Gasteiger partial charge in [-0.3, -0.25) is 14.2 Å². The average molecular weight is 536 g/mol. The standard InChI is InChI=1S/C28H25N9O3/c1-17(31-27(39)24-25(29)33-36-12-6-11-30-26(24)36)22-15-18-7-5-10-20(21-16-35(13-14-38)34-32-21)23(18)28(40)37(22)19-8-3-2-4-9-19/h2-12,15-17,38H,13-14H2,1H3,(H2,29,33)(H,31,39)/t17-/m1/s1. The van der Waals surface area contributed by atoms with Crippen LogP contribution < -0.4 is 16.6 Å². The molecule has 40 heavy (non-hydrogen) atoms. The minimum absolute atomic E-state index is 0.0567. The Bertz CT molecular complexity index is 1920. The molecule has 6 rings (SSSR count). The number of nitrogen functional groups attached to an aromatic ring is 1. The van der Waals surface area contributed by atoms with Crippen molar-refractivity contribution in [3.8, 4) is 16.9 Å². The van der Waals surface area contributed by atoms with Crippen LogP contribution in [-0.4, -0.2) is 51.8 Å². The highest BCUT2D eigenvalue weighted by Crippen LogP contribution is 2.28. The minimum Gasteiger partial charge on any atom is -0.394 e. The van der Waals surface area contributed by atoms with Gasteiger partial charge < -0.3 is 16.2 Å². The highest BCUT2D eigenvalue weighted by atomic mass is 16.3.